The third-order valence-corrected chi connectivity index (χ3v) is 5.45. The van der Waals surface area contributed by atoms with E-state index in [2.05, 4.69) is 10.2 Å². The summed E-state index contributed by atoms with van der Waals surface area (Å²) in [5.74, 6) is 0.532. The standard InChI is InChI=1S/C24H29N3O4/c1-18(28)20-8-9-22(31-2)21(14-20)15-24(30)27-12-10-26(11-13-27)17-23(29)25-16-19-6-4-3-5-7-19/h3-9,14H,10-13,15-17H2,1-2H3,(H,25,29). The zero-order chi connectivity index (χ0) is 22.2. The number of carbonyl (C=O) groups is 3. The number of piperazine rings is 1. The van der Waals surface area contributed by atoms with Gasteiger partial charge >= 0.3 is 0 Å². The molecule has 0 aliphatic carbocycles. The van der Waals surface area contributed by atoms with E-state index in [1.807, 2.05) is 30.3 Å². The first-order valence-electron chi connectivity index (χ1n) is 10.4. The predicted molar refractivity (Wildman–Crippen MR) is 118 cm³/mol. The predicted octanol–water partition coefficient (Wildman–Crippen LogP) is 1.90. The van der Waals surface area contributed by atoms with Gasteiger partial charge in [0.15, 0.2) is 5.78 Å². The normalized spacial score (nSPS) is 14.2. The van der Waals surface area contributed by atoms with E-state index in [1.165, 1.54) is 6.92 Å². The summed E-state index contributed by atoms with van der Waals surface area (Å²) in [6.45, 7) is 4.77. The van der Waals surface area contributed by atoms with Crippen molar-refractivity contribution in [1.82, 2.24) is 15.1 Å². The Morgan fingerprint density at radius 1 is 1.00 bits per heavy atom. The molecule has 0 atom stereocenters. The van der Waals surface area contributed by atoms with Gasteiger partial charge in [0.25, 0.3) is 0 Å². The second-order valence-corrected chi connectivity index (χ2v) is 7.68. The van der Waals surface area contributed by atoms with Crippen molar-refractivity contribution in [3.8, 4) is 5.75 Å². The smallest absolute Gasteiger partial charge is 0.234 e. The van der Waals surface area contributed by atoms with Crippen molar-refractivity contribution in [2.24, 2.45) is 0 Å². The van der Waals surface area contributed by atoms with Gasteiger partial charge in [0.1, 0.15) is 5.75 Å². The van der Waals surface area contributed by atoms with E-state index in [-0.39, 0.29) is 24.0 Å². The fourth-order valence-corrected chi connectivity index (χ4v) is 3.62. The number of nitrogens with zero attached hydrogens (tertiary/aromatic N) is 2. The highest BCUT2D eigenvalue weighted by Crippen LogP contribution is 2.22. The number of ketones is 1. The van der Waals surface area contributed by atoms with Crippen LogP contribution in [0.2, 0.25) is 0 Å². The van der Waals surface area contributed by atoms with E-state index >= 15 is 0 Å². The number of Topliss-reactive ketones (excluding diaryl/α,β-unsaturated/α-hetero) is 1. The molecular weight excluding hydrogens is 394 g/mol. The molecule has 1 fully saturated rings. The van der Waals surface area contributed by atoms with E-state index < -0.39 is 0 Å². The lowest BCUT2D eigenvalue weighted by Crippen LogP contribution is -2.51. The highest BCUT2D eigenvalue weighted by molar-refractivity contribution is 5.94. The molecule has 0 saturated carbocycles. The molecule has 0 spiro atoms. The second kappa shape index (κ2) is 10.7. The maximum atomic E-state index is 12.8. The molecule has 1 aliphatic rings. The van der Waals surface area contributed by atoms with Crippen LogP contribution in [0.25, 0.3) is 0 Å². The quantitative estimate of drug-likeness (QED) is 0.656. The number of nitrogens with one attached hydrogen (secondary N) is 1. The Bertz CT molecular complexity index is 922. The third kappa shape index (κ3) is 6.39. The Balaban J connectivity index is 1.47. The van der Waals surface area contributed by atoms with E-state index in [4.69, 9.17) is 4.74 Å². The first kappa shape index (κ1) is 22.5. The van der Waals surface area contributed by atoms with Gasteiger partial charge in [0.2, 0.25) is 11.8 Å². The van der Waals surface area contributed by atoms with Crippen LogP contribution in [0.3, 0.4) is 0 Å². The summed E-state index contributed by atoms with van der Waals surface area (Å²) < 4.78 is 5.35. The SMILES string of the molecule is COc1ccc(C(C)=O)cc1CC(=O)N1CCN(CC(=O)NCc2ccccc2)CC1. The number of hydrogen-bond acceptors (Lipinski definition) is 5. The molecule has 0 bridgehead atoms. The summed E-state index contributed by atoms with van der Waals surface area (Å²) in [7, 11) is 1.55. The Labute approximate surface area is 183 Å². The third-order valence-electron chi connectivity index (χ3n) is 5.45. The fraction of sp³-hybridized carbons (Fsp3) is 0.375. The van der Waals surface area contributed by atoms with E-state index in [1.54, 1.807) is 30.2 Å². The average Bonchev–Trinajstić information content (AvgIpc) is 2.78. The number of amides is 2. The molecule has 1 saturated heterocycles. The zero-order valence-electron chi connectivity index (χ0n) is 18.1. The van der Waals surface area contributed by atoms with Crippen LogP contribution >= 0.6 is 0 Å². The van der Waals surface area contributed by atoms with Crippen molar-refractivity contribution in [2.75, 3.05) is 39.8 Å². The minimum absolute atomic E-state index is 0.00724. The first-order chi connectivity index (χ1) is 15.0. The second-order valence-electron chi connectivity index (χ2n) is 7.68. The number of benzene rings is 2. The molecule has 7 heteroatoms. The molecule has 0 radical (unpaired) electrons. The summed E-state index contributed by atoms with van der Waals surface area (Å²) in [5, 5.41) is 2.94. The molecule has 164 valence electrons. The molecule has 31 heavy (non-hydrogen) atoms. The lowest BCUT2D eigenvalue weighted by Gasteiger charge is -2.34. The molecule has 0 aromatic heterocycles. The number of rotatable bonds is 8. The van der Waals surface area contributed by atoms with E-state index in [0.717, 1.165) is 5.56 Å². The maximum absolute atomic E-state index is 12.8. The van der Waals surface area contributed by atoms with Crippen molar-refractivity contribution >= 4 is 17.6 Å². The van der Waals surface area contributed by atoms with E-state index in [9.17, 15) is 14.4 Å². The molecule has 7 nitrogen and oxygen atoms in total. The van der Waals surface area contributed by atoms with Crippen LogP contribution in [-0.4, -0.2) is 67.2 Å². The van der Waals surface area contributed by atoms with E-state index in [0.29, 0.717) is 56.1 Å². The molecule has 1 aliphatic heterocycles. The van der Waals surface area contributed by atoms with Crippen LogP contribution in [0.4, 0.5) is 0 Å². The highest BCUT2D eigenvalue weighted by atomic mass is 16.5. The van der Waals surface area contributed by atoms with Crippen LogP contribution in [0.1, 0.15) is 28.4 Å². The Morgan fingerprint density at radius 3 is 2.35 bits per heavy atom. The topological polar surface area (TPSA) is 79.0 Å². The van der Waals surface area contributed by atoms with Gasteiger partial charge in [-0.3, -0.25) is 19.3 Å². The fourth-order valence-electron chi connectivity index (χ4n) is 3.62. The van der Waals surface area contributed by atoms with Gasteiger partial charge in [-0.25, -0.2) is 0 Å². The van der Waals surface area contributed by atoms with Crippen LogP contribution in [0.5, 0.6) is 5.75 Å². The van der Waals surface area contributed by atoms with Crippen LogP contribution in [-0.2, 0) is 22.6 Å². The Morgan fingerprint density at radius 2 is 1.71 bits per heavy atom. The van der Waals surface area contributed by atoms with Crippen molar-refractivity contribution in [2.45, 2.75) is 19.9 Å². The minimum Gasteiger partial charge on any atom is -0.496 e. The molecular formula is C24H29N3O4. The average molecular weight is 424 g/mol. The molecule has 1 heterocycles. The van der Waals surface area contributed by atoms with Crippen LogP contribution < -0.4 is 10.1 Å². The lowest BCUT2D eigenvalue weighted by molar-refractivity contribution is -0.132. The highest BCUT2D eigenvalue weighted by Gasteiger charge is 2.23. The van der Waals surface area contributed by atoms with Gasteiger partial charge in [-0.1, -0.05) is 30.3 Å². The summed E-state index contributed by atoms with van der Waals surface area (Å²) in [5.41, 5.74) is 2.34. The zero-order valence-corrected chi connectivity index (χ0v) is 18.1. The number of ether oxygens (including phenoxy) is 1. The van der Waals surface area contributed by atoms with Gasteiger partial charge in [-0.15, -0.1) is 0 Å². The van der Waals surface area contributed by atoms with Crippen molar-refractivity contribution in [3.63, 3.8) is 0 Å². The monoisotopic (exact) mass is 423 g/mol. The molecule has 2 aromatic rings. The number of carbonyl (C=O) groups excluding carboxylic acids is 3. The summed E-state index contributed by atoms with van der Waals surface area (Å²) in [4.78, 5) is 40.5. The van der Waals surface area contributed by atoms with Gasteiger partial charge in [0.05, 0.1) is 20.1 Å². The summed E-state index contributed by atoms with van der Waals surface area (Å²) in [6.07, 6.45) is 0.182. The number of methoxy groups -OCH3 is 1. The van der Waals surface area contributed by atoms with Crippen LogP contribution in [0, 0.1) is 0 Å². The van der Waals surface area contributed by atoms with Crippen molar-refractivity contribution < 1.29 is 19.1 Å². The largest absolute Gasteiger partial charge is 0.496 e. The van der Waals surface area contributed by atoms with Crippen molar-refractivity contribution in [1.29, 1.82) is 0 Å². The van der Waals surface area contributed by atoms with Crippen molar-refractivity contribution in [3.05, 3.63) is 65.2 Å². The Kier molecular flexibility index (Phi) is 7.78. The minimum atomic E-state index is -0.0458. The van der Waals surface area contributed by atoms with Gasteiger partial charge < -0.3 is 15.0 Å². The van der Waals surface area contributed by atoms with Crippen LogP contribution in [0.15, 0.2) is 48.5 Å². The Hall–Kier alpha value is -3.19. The molecule has 0 unspecified atom stereocenters. The lowest BCUT2D eigenvalue weighted by atomic mass is 10.0. The summed E-state index contributed by atoms with van der Waals surface area (Å²) >= 11 is 0. The molecule has 2 aromatic carbocycles. The molecule has 3 rings (SSSR count). The van der Waals surface area contributed by atoms with Gasteiger partial charge in [-0.2, -0.15) is 0 Å². The summed E-state index contributed by atoms with van der Waals surface area (Å²) in [6, 6.07) is 15.0. The molecule has 2 amide bonds. The maximum Gasteiger partial charge on any atom is 0.234 e. The molecule has 1 N–H and O–H groups in total. The van der Waals surface area contributed by atoms with Gasteiger partial charge in [0, 0.05) is 43.9 Å². The first-order valence-corrected chi connectivity index (χ1v) is 10.4. The van der Waals surface area contributed by atoms with Gasteiger partial charge in [-0.05, 0) is 30.7 Å². The number of hydrogen-bond donors (Lipinski definition) is 1.